The van der Waals surface area contributed by atoms with Gasteiger partial charge in [-0.1, -0.05) is 0 Å². The fraction of sp³-hybridized carbons (Fsp3) is 0.300. The lowest BCUT2D eigenvalue weighted by atomic mass is 10.2. The minimum absolute atomic E-state index is 0.0255. The molecular weight excluding hydrogens is 226 g/mol. The molecule has 1 heterocycles. The Kier molecular flexibility index (Phi) is 4.56. The van der Waals surface area contributed by atoms with E-state index in [2.05, 4.69) is 10.3 Å². The largest absolute Gasteiger partial charge is 0.478 e. The first-order chi connectivity index (χ1) is 8.00. The average molecular weight is 239 g/mol. The van der Waals surface area contributed by atoms with Gasteiger partial charge < -0.3 is 21.3 Å². The first-order valence-corrected chi connectivity index (χ1v) is 4.87. The van der Waals surface area contributed by atoms with Gasteiger partial charge in [0.05, 0.1) is 11.3 Å². The molecule has 0 spiro atoms. The maximum absolute atomic E-state index is 10.6. The van der Waals surface area contributed by atoms with Crippen LogP contribution in [0.15, 0.2) is 18.3 Å². The number of hydrogen-bond acceptors (Lipinski definition) is 5. The van der Waals surface area contributed by atoms with Crippen molar-refractivity contribution in [3.05, 3.63) is 29.6 Å². The molecule has 1 aromatic heterocycles. The fourth-order valence-electron chi connectivity index (χ4n) is 1.09. The molecule has 0 saturated carbocycles. The van der Waals surface area contributed by atoms with Gasteiger partial charge in [0.2, 0.25) is 5.91 Å². The molecule has 1 rings (SSSR count). The van der Waals surface area contributed by atoms with Gasteiger partial charge in [-0.3, -0.25) is 9.78 Å². The van der Waals surface area contributed by atoms with Gasteiger partial charge in [0.15, 0.2) is 0 Å². The number of nitrogens with one attached hydrogen (secondary N) is 1. The van der Waals surface area contributed by atoms with Crippen LogP contribution in [-0.2, 0) is 11.3 Å². The quantitative estimate of drug-likeness (QED) is 0.489. The van der Waals surface area contributed by atoms with Crippen molar-refractivity contribution in [2.45, 2.75) is 12.6 Å². The standard InChI is InChI=1S/C10H13N3O4/c11-9(15)8(14)5-12-4-7-2-1-6(3-13-7)10(16)17/h1-3,8,12,14H,4-5H2,(H2,11,15)(H,16,17). The monoisotopic (exact) mass is 239 g/mol. The Labute approximate surface area is 97.3 Å². The number of nitrogens with two attached hydrogens (primary N) is 1. The topological polar surface area (TPSA) is 126 Å². The minimum Gasteiger partial charge on any atom is -0.478 e. The highest BCUT2D eigenvalue weighted by Gasteiger charge is 2.09. The van der Waals surface area contributed by atoms with Crippen LogP contribution in [-0.4, -0.2) is 39.7 Å². The van der Waals surface area contributed by atoms with E-state index in [0.29, 0.717) is 12.2 Å². The number of amides is 1. The number of nitrogens with zero attached hydrogens (tertiary/aromatic N) is 1. The average Bonchev–Trinajstić information content (AvgIpc) is 2.29. The molecule has 0 aromatic carbocycles. The lowest BCUT2D eigenvalue weighted by Crippen LogP contribution is -2.37. The van der Waals surface area contributed by atoms with E-state index in [1.165, 1.54) is 12.3 Å². The highest BCUT2D eigenvalue weighted by Crippen LogP contribution is 1.99. The van der Waals surface area contributed by atoms with Crippen molar-refractivity contribution in [3.63, 3.8) is 0 Å². The van der Waals surface area contributed by atoms with Gasteiger partial charge >= 0.3 is 5.97 Å². The normalized spacial score (nSPS) is 12.1. The van der Waals surface area contributed by atoms with Gasteiger partial charge in [0.25, 0.3) is 0 Å². The van der Waals surface area contributed by atoms with Gasteiger partial charge in [-0.2, -0.15) is 0 Å². The van der Waals surface area contributed by atoms with Crippen molar-refractivity contribution in [1.82, 2.24) is 10.3 Å². The van der Waals surface area contributed by atoms with E-state index in [1.807, 2.05) is 0 Å². The number of aromatic carboxylic acids is 1. The summed E-state index contributed by atoms with van der Waals surface area (Å²) in [4.78, 5) is 25.0. The van der Waals surface area contributed by atoms with Crippen LogP contribution in [0, 0.1) is 0 Å². The molecule has 17 heavy (non-hydrogen) atoms. The predicted octanol–water partition coefficient (Wildman–Crippen LogP) is -1.28. The Bertz CT molecular complexity index is 405. The second-order valence-electron chi connectivity index (χ2n) is 3.39. The third-order valence-corrected chi connectivity index (χ3v) is 2.04. The van der Waals surface area contributed by atoms with Crippen LogP contribution in [0.25, 0.3) is 0 Å². The third kappa shape index (κ3) is 4.17. The lowest BCUT2D eigenvalue weighted by molar-refractivity contribution is -0.125. The summed E-state index contributed by atoms with van der Waals surface area (Å²) < 4.78 is 0. The van der Waals surface area contributed by atoms with Crippen LogP contribution in [0.4, 0.5) is 0 Å². The van der Waals surface area contributed by atoms with Crippen LogP contribution in [0.3, 0.4) is 0 Å². The van der Waals surface area contributed by atoms with Gasteiger partial charge in [0, 0.05) is 19.3 Å². The Morgan fingerprint density at radius 2 is 2.18 bits per heavy atom. The number of aliphatic hydroxyl groups is 1. The number of pyridine rings is 1. The molecule has 0 fully saturated rings. The summed E-state index contributed by atoms with van der Waals surface area (Å²) in [5.74, 6) is -1.84. The Morgan fingerprint density at radius 1 is 1.47 bits per heavy atom. The summed E-state index contributed by atoms with van der Waals surface area (Å²) in [5.41, 5.74) is 5.56. The molecule has 1 aromatic rings. The number of carbonyl (C=O) groups excluding carboxylic acids is 1. The number of aliphatic hydroxyl groups excluding tert-OH is 1. The maximum Gasteiger partial charge on any atom is 0.337 e. The molecule has 1 atom stereocenters. The number of carboxylic acids is 1. The van der Waals surface area contributed by atoms with Gasteiger partial charge in [-0.05, 0) is 12.1 Å². The lowest BCUT2D eigenvalue weighted by Gasteiger charge is -2.07. The van der Waals surface area contributed by atoms with E-state index in [1.54, 1.807) is 6.07 Å². The van der Waals surface area contributed by atoms with E-state index in [0.717, 1.165) is 0 Å². The second kappa shape index (κ2) is 5.92. The number of carbonyl (C=O) groups is 2. The van der Waals surface area contributed by atoms with E-state index in [4.69, 9.17) is 15.9 Å². The second-order valence-corrected chi connectivity index (χ2v) is 3.39. The molecule has 0 aliphatic heterocycles. The van der Waals surface area contributed by atoms with Crippen molar-refractivity contribution in [2.75, 3.05) is 6.54 Å². The van der Waals surface area contributed by atoms with Crippen molar-refractivity contribution in [2.24, 2.45) is 5.73 Å². The molecule has 0 saturated heterocycles. The summed E-state index contributed by atoms with van der Waals surface area (Å²) in [6.07, 6.45) is -0.00238. The van der Waals surface area contributed by atoms with Crippen LogP contribution in [0.5, 0.6) is 0 Å². The molecule has 1 amide bonds. The van der Waals surface area contributed by atoms with E-state index >= 15 is 0 Å². The Hall–Kier alpha value is -1.99. The highest BCUT2D eigenvalue weighted by molar-refractivity contribution is 5.87. The summed E-state index contributed by atoms with van der Waals surface area (Å²) in [6.45, 7) is 0.335. The molecule has 0 aliphatic rings. The number of aromatic nitrogens is 1. The third-order valence-electron chi connectivity index (χ3n) is 2.04. The number of primary amides is 1. The molecule has 0 bridgehead atoms. The van der Waals surface area contributed by atoms with Crippen LogP contribution in [0.2, 0.25) is 0 Å². The molecule has 7 nitrogen and oxygen atoms in total. The van der Waals surface area contributed by atoms with Gasteiger partial charge in [0.1, 0.15) is 6.10 Å². The van der Waals surface area contributed by atoms with Gasteiger partial charge in [-0.25, -0.2) is 4.79 Å². The first-order valence-electron chi connectivity index (χ1n) is 4.87. The molecule has 1 unspecified atom stereocenters. The zero-order valence-corrected chi connectivity index (χ0v) is 8.96. The SMILES string of the molecule is NC(=O)C(O)CNCc1ccc(C(=O)O)cn1. The van der Waals surface area contributed by atoms with Crippen molar-refractivity contribution >= 4 is 11.9 Å². The van der Waals surface area contributed by atoms with Crippen LogP contribution < -0.4 is 11.1 Å². The number of rotatable bonds is 6. The van der Waals surface area contributed by atoms with Crippen molar-refractivity contribution in [1.29, 1.82) is 0 Å². The zero-order valence-electron chi connectivity index (χ0n) is 8.96. The zero-order chi connectivity index (χ0) is 12.8. The van der Waals surface area contributed by atoms with E-state index in [9.17, 15) is 9.59 Å². The summed E-state index contributed by atoms with van der Waals surface area (Å²) >= 11 is 0. The molecule has 7 heteroatoms. The molecular formula is C10H13N3O4. The van der Waals surface area contributed by atoms with Gasteiger partial charge in [-0.15, -0.1) is 0 Å². The summed E-state index contributed by atoms with van der Waals surface area (Å²) in [5, 5.41) is 20.5. The predicted molar refractivity (Wildman–Crippen MR) is 58.1 cm³/mol. The van der Waals surface area contributed by atoms with E-state index in [-0.39, 0.29) is 12.1 Å². The molecule has 92 valence electrons. The molecule has 0 radical (unpaired) electrons. The van der Waals surface area contributed by atoms with Crippen molar-refractivity contribution in [3.8, 4) is 0 Å². The van der Waals surface area contributed by atoms with Crippen LogP contribution >= 0.6 is 0 Å². The highest BCUT2D eigenvalue weighted by atomic mass is 16.4. The summed E-state index contributed by atoms with van der Waals surface area (Å²) in [6, 6.07) is 2.98. The van der Waals surface area contributed by atoms with E-state index < -0.39 is 18.0 Å². The van der Waals surface area contributed by atoms with Crippen molar-refractivity contribution < 1.29 is 19.8 Å². The fourth-order valence-corrected chi connectivity index (χ4v) is 1.09. The first kappa shape index (κ1) is 13.1. The molecule has 5 N–H and O–H groups in total. The number of carboxylic acid groups (broad SMARTS) is 1. The van der Waals surface area contributed by atoms with Crippen LogP contribution in [0.1, 0.15) is 16.1 Å². The Morgan fingerprint density at radius 3 is 2.65 bits per heavy atom. The molecule has 0 aliphatic carbocycles. The summed E-state index contributed by atoms with van der Waals surface area (Å²) in [7, 11) is 0. The Balaban J connectivity index is 2.42. The smallest absolute Gasteiger partial charge is 0.337 e. The minimum atomic E-state index is -1.24. The maximum atomic E-state index is 10.6. The number of hydrogen-bond donors (Lipinski definition) is 4.